The minimum absolute atomic E-state index is 0.384. The minimum Gasteiger partial charge on any atom is -0.303 e. The molecule has 0 aromatic heterocycles. The zero-order valence-corrected chi connectivity index (χ0v) is 7.49. The van der Waals surface area contributed by atoms with E-state index >= 15 is 0 Å². The molecule has 2 heteroatoms. The zero-order chi connectivity index (χ0) is 8.85. The third-order valence-corrected chi connectivity index (χ3v) is 1.56. The topological polar surface area (TPSA) is 47.7 Å². The molecule has 62 valence electrons. The van der Waals surface area contributed by atoms with Crippen LogP contribution in [-0.4, -0.2) is 11.4 Å². The van der Waals surface area contributed by atoms with Gasteiger partial charge in [-0.25, -0.2) is 0 Å². The highest BCUT2D eigenvalue weighted by Gasteiger charge is 2.02. The van der Waals surface area contributed by atoms with Crippen molar-refractivity contribution in [3.8, 4) is 0 Å². The Bertz CT molecular complexity index is 190. The molecule has 0 fully saturated rings. The average molecular weight is 152 g/mol. The van der Waals surface area contributed by atoms with Gasteiger partial charge in [-0.2, -0.15) is 0 Å². The maximum atomic E-state index is 7.51. The summed E-state index contributed by atoms with van der Waals surface area (Å²) < 4.78 is 0. The maximum absolute atomic E-state index is 7.51. The molecule has 0 heterocycles. The molecule has 0 amide bonds. The quantitative estimate of drug-likeness (QED) is 0.582. The van der Waals surface area contributed by atoms with Gasteiger partial charge in [-0.3, -0.25) is 5.41 Å². The van der Waals surface area contributed by atoms with Crippen LogP contribution in [0.1, 0.15) is 33.6 Å². The van der Waals surface area contributed by atoms with Crippen molar-refractivity contribution >= 4 is 11.4 Å². The van der Waals surface area contributed by atoms with Crippen molar-refractivity contribution in [3.63, 3.8) is 0 Å². The number of nitrogens with one attached hydrogen (secondary N) is 2. The zero-order valence-electron chi connectivity index (χ0n) is 7.49. The van der Waals surface area contributed by atoms with Gasteiger partial charge in [-0.05, 0) is 25.3 Å². The molecular weight excluding hydrogens is 136 g/mol. The summed E-state index contributed by atoms with van der Waals surface area (Å²) >= 11 is 0. The van der Waals surface area contributed by atoms with Crippen LogP contribution in [0.25, 0.3) is 0 Å². The molecule has 0 unspecified atom stereocenters. The van der Waals surface area contributed by atoms with Crippen molar-refractivity contribution in [1.82, 2.24) is 0 Å². The fourth-order valence-corrected chi connectivity index (χ4v) is 0.823. The largest absolute Gasteiger partial charge is 0.303 e. The van der Waals surface area contributed by atoms with Gasteiger partial charge in [0, 0.05) is 0 Å². The molecule has 0 aliphatic heterocycles. The van der Waals surface area contributed by atoms with Crippen LogP contribution < -0.4 is 0 Å². The van der Waals surface area contributed by atoms with Gasteiger partial charge >= 0.3 is 0 Å². The molecule has 0 bridgehead atoms. The summed E-state index contributed by atoms with van der Waals surface area (Å²) in [4.78, 5) is 0. The molecule has 0 rings (SSSR count). The lowest BCUT2D eigenvalue weighted by Crippen LogP contribution is -2.11. The van der Waals surface area contributed by atoms with Crippen molar-refractivity contribution in [1.29, 1.82) is 10.8 Å². The Morgan fingerprint density at radius 1 is 1.27 bits per heavy atom. The Morgan fingerprint density at radius 3 is 2.18 bits per heavy atom. The van der Waals surface area contributed by atoms with E-state index < -0.39 is 0 Å². The summed E-state index contributed by atoms with van der Waals surface area (Å²) in [5.74, 6) is 0. The van der Waals surface area contributed by atoms with Gasteiger partial charge in [0.25, 0.3) is 0 Å². The molecule has 2 nitrogen and oxygen atoms in total. The highest BCUT2D eigenvalue weighted by atomic mass is 14.5. The predicted molar refractivity (Wildman–Crippen MR) is 49.8 cm³/mol. The van der Waals surface area contributed by atoms with Crippen LogP contribution in [-0.2, 0) is 0 Å². The van der Waals surface area contributed by atoms with Gasteiger partial charge in [-0.1, -0.05) is 19.9 Å². The van der Waals surface area contributed by atoms with E-state index in [0.717, 1.165) is 12.0 Å². The monoisotopic (exact) mass is 152 g/mol. The maximum Gasteiger partial charge on any atom is 0.0773 e. The second kappa shape index (κ2) is 4.83. The van der Waals surface area contributed by atoms with E-state index in [1.807, 2.05) is 26.8 Å². The van der Waals surface area contributed by atoms with Crippen molar-refractivity contribution in [3.05, 3.63) is 11.6 Å². The smallest absolute Gasteiger partial charge is 0.0773 e. The average Bonchev–Trinajstić information content (AvgIpc) is 2.02. The first kappa shape index (κ1) is 10.1. The van der Waals surface area contributed by atoms with Crippen LogP contribution in [0.4, 0.5) is 0 Å². The van der Waals surface area contributed by atoms with Crippen LogP contribution in [0.2, 0.25) is 0 Å². The highest BCUT2D eigenvalue weighted by Crippen LogP contribution is 2.00. The Balaban J connectivity index is 4.25. The molecule has 0 aromatic rings. The molecule has 0 radical (unpaired) electrons. The van der Waals surface area contributed by atoms with Gasteiger partial charge in [0.1, 0.15) is 0 Å². The van der Waals surface area contributed by atoms with E-state index in [1.54, 1.807) is 0 Å². The summed E-state index contributed by atoms with van der Waals surface area (Å²) in [6.07, 6.45) is 3.56. The first-order valence-electron chi connectivity index (χ1n) is 3.96. The normalized spacial score (nSPS) is 11.4. The summed E-state index contributed by atoms with van der Waals surface area (Å²) in [6, 6.07) is 0. The molecule has 0 aromatic carbocycles. The highest BCUT2D eigenvalue weighted by molar-refractivity contribution is 6.45. The Kier molecular flexibility index (Phi) is 4.42. The molecule has 0 aliphatic carbocycles. The first-order chi connectivity index (χ1) is 5.13. The lowest BCUT2D eigenvalue weighted by molar-refractivity contribution is 1.20. The molecule has 0 aliphatic rings. The predicted octanol–water partition coefficient (Wildman–Crippen LogP) is 2.79. The van der Waals surface area contributed by atoms with Crippen molar-refractivity contribution in [2.45, 2.75) is 33.6 Å². The molecule has 0 spiro atoms. The summed E-state index contributed by atoms with van der Waals surface area (Å²) in [5, 5.41) is 14.9. The Morgan fingerprint density at radius 2 is 1.82 bits per heavy atom. The molecule has 0 saturated heterocycles. The van der Waals surface area contributed by atoms with Crippen LogP contribution in [0.3, 0.4) is 0 Å². The summed E-state index contributed by atoms with van der Waals surface area (Å²) in [5.41, 5.74) is 1.72. The van der Waals surface area contributed by atoms with Gasteiger partial charge in [-0.15, -0.1) is 0 Å². The molecule has 0 atom stereocenters. The van der Waals surface area contributed by atoms with Crippen molar-refractivity contribution < 1.29 is 0 Å². The SMILES string of the molecule is CC/C=C(/C)C(=N)C(=N)CC. The summed E-state index contributed by atoms with van der Waals surface area (Å²) in [6.45, 7) is 5.82. The van der Waals surface area contributed by atoms with Crippen LogP contribution in [0, 0.1) is 10.8 Å². The van der Waals surface area contributed by atoms with Crippen molar-refractivity contribution in [2.24, 2.45) is 0 Å². The number of rotatable bonds is 4. The lowest BCUT2D eigenvalue weighted by Gasteiger charge is -2.02. The molecule has 0 saturated carbocycles. The van der Waals surface area contributed by atoms with Gasteiger partial charge in [0.15, 0.2) is 0 Å². The second-order valence-electron chi connectivity index (χ2n) is 2.50. The van der Waals surface area contributed by atoms with E-state index in [-0.39, 0.29) is 0 Å². The summed E-state index contributed by atoms with van der Waals surface area (Å²) in [7, 11) is 0. The van der Waals surface area contributed by atoms with E-state index in [4.69, 9.17) is 10.8 Å². The van der Waals surface area contributed by atoms with Crippen molar-refractivity contribution in [2.75, 3.05) is 0 Å². The van der Waals surface area contributed by atoms with E-state index in [0.29, 0.717) is 17.8 Å². The number of hydrogen-bond donors (Lipinski definition) is 2. The van der Waals surface area contributed by atoms with Gasteiger partial charge in [0.05, 0.1) is 11.4 Å². The van der Waals surface area contributed by atoms with Crippen LogP contribution in [0.5, 0.6) is 0 Å². The lowest BCUT2D eigenvalue weighted by atomic mass is 10.1. The van der Waals surface area contributed by atoms with Crippen LogP contribution in [0.15, 0.2) is 11.6 Å². The second-order valence-corrected chi connectivity index (χ2v) is 2.50. The molecular formula is C9H16N2. The number of hydrogen-bond acceptors (Lipinski definition) is 2. The third-order valence-electron chi connectivity index (χ3n) is 1.56. The van der Waals surface area contributed by atoms with E-state index in [1.165, 1.54) is 0 Å². The number of allylic oxidation sites excluding steroid dienone is 2. The Labute approximate surface area is 68.3 Å². The fourth-order valence-electron chi connectivity index (χ4n) is 0.823. The standard InChI is InChI=1S/C9H16N2/c1-4-6-7(3)9(11)8(10)5-2/h6,10-11H,4-5H2,1-3H3/b7-6-,10-8?,11-9?. The van der Waals surface area contributed by atoms with E-state index in [9.17, 15) is 0 Å². The van der Waals surface area contributed by atoms with Crippen LogP contribution >= 0.6 is 0 Å². The van der Waals surface area contributed by atoms with Gasteiger partial charge in [0.2, 0.25) is 0 Å². The Hall–Kier alpha value is -0.920. The third kappa shape index (κ3) is 3.12. The first-order valence-corrected chi connectivity index (χ1v) is 3.96. The molecule has 11 heavy (non-hydrogen) atoms. The molecule has 2 N–H and O–H groups in total. The minimum atomic E-state index is 0.384. The van der Waals surface area contributed by atoms with E-state index in [2.05, 4.69) is 0 Å². The van der Waals surface area contributed by atoms with Gasteiger partial charge < -0.3 is 5.41 Å². The fraction of sp³-hybridized carbons (Fsp3) is 0.556.